The molecule has 84 valence electrons. The first-order chi connectivity index (χ1) is 8.31. The molecule has 2 aromatic heterocycles. The summed E-state index contributed by atoms with van der Waals surface area (Å²) < 4.78 is 6.38. The number of carbonyl (C=O) groups is 1. The highest BCUT2D eigenvalue weighted by Crippen LogP contribution is 2.17. The molecular formula is C12H9N3O2. The summed E-state index contributed by atoms with van der Waals surface area (Å²) in [6.45, 7) is 0. The molecule has 0 unspecified atom stereocenters. The lowest BCUT2D eigenvalue weighted by atomic mass is 10.2. The van der Waals surface area contributed by atoms with Crippen LogP contribution in [0.1, 0.15) is 10.6 Å². The van der Waals surface area contributed by atoms with Gasteiger partial charge in [-0.3, -0.25) is 4.40 Å². The smallest absolute Gasteiger partial charge is 0.376 e. The van der Waals surface area contributed by atoms with Gasteiger partial charge in [-0.25, -0.2) is 4.79 Å². The molecule has 0 saturated carbocycles. The molecule has 17 heavy (non-hydrogen) atoms. The molecule has 1 aromatic carbocycles. The van der Waals surface area contributed by atoms with Crippen molar-refractivity contribution in [3.63, 3.8) is 0 Å². The van der Waals surface area contributed by atoms with E-state index in [4.69, 9.17) is 0 Å². The zero-order chi connectivity index (χ0) is 11.8. The number of hydrogen-bond acceptors (Lipinski definition) is 4. The summed E-state index contributed by atoms with van der Waals surface area (Å²) >= 11 is 0. The molecule has 5 heteroatoms. The van der Waals surface area contributed by atoms with Gasteiger partial charge < -0.3 is 4.74 Å². The summed E-state index contributed by atoms with van der Waals surface area (Å²) in [6, 6.07) is 11.5. The number of esters is 1. The number of pyridine rings is 1. The Morgan fingerprint density at radius 2 is 2.00 bits per heavy atom. The van der Waals surface area contributed by atoms with Gasteiger partial charge in [0, 0.05) is 0 Å². The zero-order valence-electron chi connectivity index (χ0n) is 9.12. The Bertz CT molecular complexity index is 718. The van der Waals surface area contributed by atoms with Crippen molar-refractivity contribution >= 4 is 22.5 Å². The summed E-state index contributed by atoms with van der Waals surface area (Å²) in [5.41, 5.74) is 1.51. The van der Waals surface area contributed by atoms with Crippen LogP contribution in [0.15, 0.2) is 36.4 Å². The van der Waals surface area contributed by atoms with Crippen LogP contribution in [0.25, 0.3) is 16.6 Å². The van der Waals surface area contributed by atoms with E-state index in [0.717, 1.165) is 10.9 Å². The van der Waals surface area contributed by atoms with E-state index < -0.39 is 5.97 Å². The summed E-state index contributed by atoms with van der Waals surface area (Å²) in [7, 11) is 1.33. The number of methoxy groups -OCH3 is 1. The Morgan fingerprint density at radius 1 is 1.18 bits per heavy atom. The lowest BCUT2D eigenvalue weighted by Gasteiger charge is -2.02. The van der Waals surface area contributed by atoms with Gasteiger partial charge in [0.05, 0.1) is 12.6 Å². The molecule has 5 nitrogen and oxygen atoms in total. The second-order valence-corrected chi connectivity index (χ2v) is 3.60. The van der Waals surface area contributed by atoms with Crippen molar-refractivity contribution < 1.29 is 9.53 Å². The molecule has 0 N–H and O–H groups in total. The third-order valence-corrected chi connectivity index (χ3v) is 2.65. The average Bonchev–Trinajstić information content (AvgIpc) is 2.82. The lowest BCUT2D eigenvalue weighted by molar-refractivity contribution is 0.0586. The summed E-state index contributed by atoms with van der Waals surface area (Å²) in [5, 5.41) is 8.82. The van der Waals surface area contributed by atoms with Gasteiger partial charge in [0.25, 0.3) is 0 Å². The van der Waals surface area contributed by atoms with Crippen molar-refractivity contribution in [2.24, 2.45) is 0 Å². The van der Waals surface area contributed by atoms with Crippen LogP contribution >= 0.6 is 0 Å². The van der Waals surface area contributed by atoms with E-state index in [9.17, 15) is 4.79 Å². The maximum absolute atomic E-state index is 11.6. The van der Waals surface area contributed by atoms with E-state index in [1.54, 1.807) is 4.40 Å². The molecule has 3 rings (SSSR count). The minimum atomic E-state index is -0.492. The maximum Gasteiger partial charge on any atom is 0.376 e. The predicted molar refractivity (Wildman–Crippen MR) is 61.8 cm³/mol. The number of rotatable bonds is 1. The van der Waals surface area contributed by atoms with Gasteiger partial charge >= 0.3 is 5.97 Å². The summed E-state index contributed by atoms with van der Waals surface area (Å²) in [4.78, 5) is 11.6. The molecule has 0 atom stereocenters. The monoisotopic (exact) mass is 227 g/mol. The fourth-order valence-corrected chi connectivity index (χ4v) is 1.86. The maximum atomic E-state index is 11.6. The number of para-hydroxylation sites is 1. The Kier molecular flexibility index (Phi) is 2.04. The molecule has 0 aliphatic rings. The SMILES string of the molecule is COC(=O)c1nnc2ccc3ccccc3n12. The van der Waals surface area contributed by atoms with Crippen molar-refractivity contribution in [3.8, 4) is 0 Å². The highest BCUT2D eigenvalue weighted by atomic mass is 16.5. The summed E-state index contributed by atoms with van der Waals surface area (Å²) in [5.74, 6) is -0.298. The molecule has 0 saturated heterocycles. The quantitative estimate of drug-likeness (QED) is 0.593. The van der Waals surface area contributed by atoms with E-state index in [1.165, 1.54) is 7.11 Å². The second kappa shape index (κ2) is 3.55. The molecule has 0 amide bonds. The fourth-order valence-electron chi connectivity index (χ4n) is 1.86. The summed E-state index contributed by atoms with van der Waals surface area (Å²) in [6.07, 6.45) is 0. The standard InChI is InChI=1S/C12H9N3O2/c1-17-12(16)11-14-13-10-7-6-8-4-2-3-5-9(8)15(10)11/h2-7H,1H3. The van der Waals surface area contributed by atoms with Gasteiger partial charge in [0.15, 0.2) is 5.65 Å². The molecule has 0 bridgehead atoms. The molecule has 0 radical (unpaired) electrons. The van der Waals surface area contributed by atoms with Crippen LogP contribution in [0.5, 0.6) is 0 Å². The molecule has 2 heterocycles. The van der Waals surface area contributed by atoms with E-state index in [-0.39, 0.29) is 5.82 Å². The van der Waals surface area contributed by atoms with E-state index >= 15 is 0 Å². The van der Waals surface area contributed by atoms with E-state index in [0.29, 0.717) is 5.65 Å². The van der Waals surface area contributed by atoms with Crippen molar-refractivity contribution in [1.29, 1.82) is 0 Å². The lowest BCUT2D eigenvalue weighted by Crippen LogP contribution is -2.07. The number of ether oxygens (including phenoxy) is 1. The van der Waals surface area contributed by atoms with Crippen molar-refractivity contribution in [2.45, 2.75) is 0 Å². The van der Waals surface area contributed by atoms with Crippen LogP contribution in [-0.4, -0.2) is 27.7 Å². The third-order valence-electron chi connectivity index (χ3n) is 2.65. The number of fused-ring (bicyclic) bond motifs is 3. The predicted octanol–water partition coefficient (Wildman–Crippen LogP) is 1.67. The average molecular weight is 227 g/mol. The number of aromatic nitrogens is 3. The third kappa shape index (κ3) is 1.36. The van der Waals surface area contributed by atoms with Crippen LogP contribution < -0.4 is 0 Å². The minimum absolute atomic E-state index is 0.194. The first-order valence-electron chi connectivity index (χ1n) is 5.12. The van der Waals surface area contributed by atoms with Crippen LogP contribution in [0.3, 0.4) is 0 Å². The molecule has 0 aliphatic heterocycles. The largest absolute Gasteiger partial charge is 0.463 e. The van der Waals surface area contributed by atoms with Gasteiger partial charge in [-0.15, -0.1) is 10.2 Å². The van der Waals surface area contributed by atoms with Crippen LogP contribution in [0.2, 0.25) is 0 Å². The number of benzene rings is 1. The second-order valence-electron chi connectivity index (χ2n) is 3.60. The van der Waals surface area contributed by atoms with Crippen LogP contribution in [0, 0.1) is 0 Å². The first-order valence-corrected chi connectivity index (χ1v) is 5.12. The van der Waals surface area contributed by atoms with Crippen molar-refractivity contribution in [1.82, 2.24) is 14.6 Å². The molecule has 0 fully saturated rings. The Labute approximate surface area is 96.6 Å². The Balaban J connectivity index is 2.46. The highest BCUT2D eigenvalue weighted by molar-refractivity contribution is 5.90. The Morgan fingerprint density at radius 3 is 2.82 bits per heavy atom. The first kappa shape index (κ1) is 9.77. The highest BCUT2D eigenvalue weighted by Gasteiger charge is 2.15. The molecule has 3 aromatic rings. The Hall–Kier alpha value is -2.43. The molecule has 0 aliphatic carbocycles. The van der Waals surface area contributed by atoms with Gasteiger partial charge in [0.1, 0.15) is 0 Å². The normalized spacial score (nSPS) is 10.9. The number of hydrogen-bond donors (Lipinski definition) is 0. The van der Waals surface area contributed by atoms with Crippen LogP contribution in [0.4, 0.5) is 0 Å². The number of carbonyl (C=O) groups excluding carboxylic acids is 1. The minimum Gasteiger partial charge on any atom is -0.463 e. The topological polar surface area (TPSA) is 56.5 Å². The molecule has 0 spiro atoms. The van der Waals surface area contributed by atoms with Gasteiger partial charge in [-0.2, -0.15) is 0 Å². The molecular weight excluding hydrogens is 218 g/mol. The van der Waals surface area contributed by atoms with Crippen LogP contribution in [-0.2, 0) is 4.74 Å². The van der Waals surface area contributed by atoms with Gasteiger partial charge in [-0.1, -0.05) is 18.2 Å². The van der Waals surface area contributed by atoms with Gasteiger partial charge in [-0.05, 0) is 23.6 Å². The van der Waals surface area contributed by atoms with E-state index in [1.807, 2.05) is 36.4 Å². The zero-order valence-corrected chi connectivity index (χ0v) is 9.12. The van der Waals surface area contributed by atoms with Crippen molar-refractivity contribution in [2.75, 3.05) is 7.11 Å². The van der Waals surface area contributed by atoms with Crippen molar-refractivity contribution in [3.05, 3.63) is 42.2 Å². The van der Waals surface area contributed by atoms with E-state index in [2.05, 4.69) is 14.9 Å². The fraction of sp³-hybridized carbons (Fsp3) is 0.0833. The van der Waals surface area contributed by atoms with Gasteiger partial charge in [0.2, 0.25) is 5.82 Å². The number of nitrogens with zero attached hydrogens (tertiary/aromatic N) is 3.